The van der Waals surface area contributed by atoms with Gasteiger partial charge in [0, 0.05) is 5.41 Å². The van der Waals surface area contributed by atoms with Crippen LogP contribution in [0, 0.1) is 17.4 Å². The molecular weight excluding hydrogens is 226 g/mol. The molecule has 1 saturated heterocycles. The summed E-state index contributed by atoms with van der Waals surface area (Å²) < 4.78 is 6.22. The minimum atomic E-state index is -0.458. The van der Waals surface area contributed by atoms with Crippen molar-refractivity contribution in [3.8, 4) is 0 Å². The molecule has 18 heavy (non-hydrogen) atoms. The summed E-state index contributed by atoms with van der Waals surface area (Å²) >= 11 is 0. The molecular formula is C15H23NO2. The summed E-state index contributed by atoms with van der Waals surface area (Å²) in [7, 11) is 0. The molecule has 0 aromatic carbocycles. The fourth-order valence-electron chi connectivity index (χ4n) is 3.62. The fourth-order valence-corrected chi connectivity index (χ4v) is 3.62. The Hall–Kier alpha value is -1.01. The van der Waals surface area contributed by atoms with E-state index in [0.29, 0.717) is 18.2 Å². The van der Waals surface area contributed by atoms with E-state index in [1.54, 1.807) is 0 Å². The van der Waals surface area contributed by atoms with E-state index in [9.17, 15) is 5.11 Å². The molecule has 3 nitrogen and oxygen atoms in total. The first kappa shape index (κ1) is 13.4. The number of hydrogen-bond acceptors (Lipinski definition) is 2. The lowest BCUT2D eigenvalue weighted by Gasteiger charge is -2.53. The minimum Gasteiger partial charge on any atom is -0.523 e. The van der Waals surface area contributed by atoms with E-state index in [0.717, 1.165) is 19.3 Å². The Kier molecular flexibility index (Phi) is 3.19. The molecule has 100 valence electrons. The Morgan fingerprint density at radius 1 is 1.44 bits per heavy atom. The molecule has 0 saturated carbocycles. The zero-order valence-electron chi connectivity index (χ0n) is 11.8. The molecule has 0 aromatic heterocycles. The van der Waals surface area contributed by atoms with Gasteiger partial charge in [-0.15, -0.1) is 0 Å². The second kappa shape index (κ2) is 4.28. The zero-order chi connectivity index (χ0) is 13.6. The largest absolute Gasteiger partial charge is 0.523 e. The van der Waals surface area contributed by atoms with Crippen molar-refractivity contribution >= 4 is 0 Å². The molecule has 2 rings (SSSR count). The summed E-state index contributed by atoms with van der Waals surface area (Å²) in [6, 6.07) is 0. The highest BCUT2D eigenvalue weighted by molar-refractivity contribution is 5.29. The van der Waals surface area contributed by atoms with Gasteiger partial charge in [-0.3, -0.25) is 0 Å². The molecule has 0 aromatic rings. The van der Waals surface area contributed by atoms with Crippen molar-refractivity contribution in [3.05, 3.63) is 22.9 Å². The van der Waals surface area contributed by atoms with Crippen LogP contribution >= 0.6 is 0 Å². The third kappa shape index (κ3) is 1.83. The van der Waals surface area contributed by atoms with E-state index >= 15 is 0 Å². The Labute approximate surface area is 110 Å². The van der Waals surface area contributed by atoms with Gasteiger partial charge in [0.1, 0.15) is 5.76 Å². The SMILES string of the molecule is [C-]#[N+]C1=C(O)C(C)(C)[C@@H]2O[C@@H](CC)CC[C@@]2(C)C1. The first-order chi connectivity index (χ1) is 8.35. The molecule has 1 fully saturated rings. The number of fused-ring (bicyclic) bond motifs is 1. The topological polar surface area (TPSA) is 33.8 Å². The van der Waals surface area contributed by atoms with E-state index in [4.69, 9.17) is 11.3 Å². The van der Waals surface area contributed by atoms with Crippen LogP contribution < -0.4 is 0 Å². The molecule has 0 spiro atoms. The van der Waals surface area contributed by atoms with Crippen molar-refractivity contribution in [2.75, 3.05) is 0 Å². The third-order valence-corrected chi connectivity index (χ3v) is 4.70. The van der Waals surface area contributed by atoms with Crippen LogP contribution in [0.3, 0.4) is 0 Å². The van der Waals surface area contributed by atoms with Gasteiger partial charge < -0.3 is 9.84 Å². The van der Waals surface area contributed by atoms with Crippen LogP contribution in [0.4, 0.5) is 0 Å². The minimum absolute atomic E-state index is 0.00852. The molecule has 1 aliphatic heterocycles. The van der Waals surface area contributed by atoms with Gasteiger partial charge in [-0.25, -0.2) is 4.85 Å². The molecule has 3 atom stereocenters. The van der Waals surface area contributed by atoms with Gasteiger partial charge in [0.2, 0.25) is 5.70 Å². The van der Waals surface area contributed by atoms with Crippen LogP contribution in [0.1, 0.15) is 53.4 Å². The predicted molar refractivity (Wildman–Crippen MR) is 70.9 cm³/mol. The van der Waals surface area contributed by atoms with Crippen LogP contribution in [-0.2, 0) is 4.74 Å². The Morgan fingerprint density at radius 2 is 2.11 bits per heavy atom. The maximum Gasteiger partial charge on any atom is 0.203 e. The molecule has 0 amide bonds. The van der Waals surface area contributed by atoms with Crippen LogP contribution in [0.25, 0.3) is 4.85 Å². The van der Waals surface area contributed by atoms with Crippen LogP contribution in [0.2, 0.25) is 0 Å². The highest BCUT2D eigenvalue weighted by Gasteiger charge is 2.54. The van der Waals surface area contributed by atoms with E-state index in [-0.39, 0.29) is 17.3 Å². The van der Waals surface area contributed by atoms with Crippen molar-refractivity contribution in [2.45, 2.75) is 65.6 Å². The number of aliphatic hydroxyl groups is 1. The predicted octanol–water partition coefficient (Wildman–Crippen LogP) is 4.07. The first-order valence-electron chi connectivity index (χ1n) is 6.80. The van der Waals surface area contributed by atoms with Crippen LogP contribution in [-0.4, -0.2) is 17.3 Å². The maximum absolute atomic E-state index is 10.3. The Balaban J connectivity index is 2.42. The number of allylic oxidation sites excluding steroid dienone is 1. The standard InChI is InChI=1S/C15H23NO2/c1-6-10-7-8-15(4)9-11(16-5)12(17)14(2,3)13(15)18-10/h10,13,17H,6-9H2,1-4H3/t10-,13-,15-/m0/s1. The molecule has 1 N–H and O–H groups in total. The molecule has 1 heterocycles. The molecule has 1 aliphatic carbocycles. The third-order valence-electron chi connectivity index (χ3n) is 4.70. The molecule has 0 bridgehead atoms. The Bertz CT molecular complexity index is 419. The van der Waals surface area contributed by atoms with Crippen molar-refractivity contribution < 1.29 is 9.84 Å². The second-order valence-electron chi connectivity index (χ2n) is 6.54. The maximum atomic E-state index is 10.3. The lowest BCUT2D eigenvalue weighted by Crippen LogP contribution is -2.54. The van der Waals surface area contributed by atoms with E-state index in [1.807, 2.05) is 13.8 Å². The summed E-state index contributed by atoms with van der Waals surface area (Å²) in [6.45, 7) is 15.6. The zero-order valence-corrected chi connectivity index (χ0v) is 11.8. The second-order valence-corrected chi connectivity index (χ2v) is 6.54. The average molecular weight is 249 g/mol. The lowest BCUT2D eigenvalue weighted by molar-refractivity contribution is -0.176. The van der Waals surface area contributed by atoms with Crippen molar-refractivity contribution in [2.24, 2.45) is 10.8 Å². The van der Waals surface area contributed by atoms with Crippen molar-refractivity contribution in [1.82, 2.24) is 0 Å². The van der Waals surface area contributed by atoms with Crippen molar-refractivity contribution in [1.29, 1.82) is 0 Å². The number of rotatable bonds is 1. The van der Waals surface area contributed by atoms with Gasteiger partial charge in [0.15, 0.2) is 0 Å². The van der Waals surface area contributed by atoms with Gasteiger partial charge in [-0.2, -0.15) is 0 Å². The highest BCUT2D eigenvalue weighted by Crippen LogP contribution is 2.55. The Morgan fingerprint density at radius 3 is 2.67 bits per heavy atom. The first-order valence-corrected chi connectivity index (χ1v) is 6.80. The molecule has 0 unspecified atom stereocenters. The lowest BCUT2D eigenvalue weighted by atomic mass is 9.60. The summed E-state index contributed by atoms with van der Waals surface area (Å²) in [5.41, 5.74) is 0.0550. The van der Waals surface area contributed by atoms with Crippen LogP contribution in [0.15, 0.2) is 11.5 Å². The van der Waals surface area contributed by atoms with E-state index in [1.165, 1.54) is 0 Å². The molecule has 2 aliphatic rings. The van der Waals surface area contributed by atoms with Crippen molar-refractivity contribution in [3.63, 3.8) is 0 Å². The van der Waals surface area contributed by atoms with E-state index < -0.39 is 5.41 Å². The van der Waals surface area contributed by atoms with Gasteiger partial charge in [-0.05, 0) is 31.1 Å². The molecule has 0 radical (unpaired) electrons. The van der Waals surface area contributed by atoms with Gasteiger partial charge in [0.05, 0.1) is 18.8 Å². The quantitative estimate of drug-likeness (QED) is 0.711. The average Bonchev–Trinajstić information content (AvgIpc) is 2.34. The summed E-state index contributed by atoms with van der Waals surface area (Å²) in [6.07, 6.45) is 4.10. The van der Waals surface area contributed by atoms with E-state index in [2.05, 4.69) is 18.7 Å². The summed E-state index contributed by atoms with van der Waals surface area (Å²) in [4.78, 5) is 3.52. The number of aliphatic hydroxyl groups excluding tert-OH is 1. The number of ether oxygens (including phenoxy) is 1. The van der Waals surface area contributed by atoms with Gasteiger partial charge in [-0.1, -0.05) is 27.7 Å². The number of nitrogens with zero attached hydrogens (tertiary/aromatic N) is 1. The molecule has 3 heteroatoms. The smallest absolute Gasteiger partial charge is 0.203 e. The summed E-state index contributed by atoms with van der Waals surface area (Å²) in [5, 5.41) is 10.3. The highest BCUT2D eigenvalue weighted by atomic mass is 16.5. The number of hydrogen-bond donors (Lipinski definition) is 1. The van der Waals surface area contributed by atoms with Gasteiger partial charge >= 0.3 is 0 Å². The summed E-state index contributed by atoms with van der Waals surface area (Å²) in [5.74, 6) is 0.233. The van der Waals surface area contributed by atoms with Gasteiger partial charge in [0.25, 0.3) is 0 Å². The van der Waals surface area contributed by atoms with Crippen LogP contribution in [0.5, 0.6) is 0 Å². The normalized spacial score (nSPS) is 39.1. The monoisotopic (exact) mass is 249 g/mol. The fraction of sp³-hybridized carbons (Fsp3) is 0.800.